The predicted octanol–water partition coefficient (Wildman–Crippen LogP) is -2.45. The van der Waals surface area contributed by atoms with E-state index in [-0.39, 0.29) is 17.0 Å². The van der Waals surface area contributed by atoms with Crippen LogP contribution in [-0.2, 0) is 0 Å². The third-order valence-electron chi connectivity index (χ3n) is 0.854. The van der Waals surface area contributed by atoms with Crippen molar-refractivity contribution < 1.29 is 22.7 Å². The second-order valence-electron chi connectivity index (χ2n) is 1.78. The van der Waals surface area contributed by atoms with E-state index < -0.39 is 0 Å². The molecular weight excluding hydrogens is 154 g/mol. The molecule has 0 fully saturated rings. The summed E-state index contributed by atoms with van der Waals surface area (Å²) in [6.45, 7) is 6.12. The van der Waals surface area contributed by atoms with Gasteiger partial charge in [0.05, 0.1) is 5.70 Å². The van der Waals surface area contributed by atoms with Gasteiger partial charge in [-0.1, -0.05) is 0 Å². The van der Waals surface area contributed by atoms with Crippen LogP contribution in [0.1, 0.15) is 20.8 Å². The van der Waals surface area contributed by atoms with Crippen LogP contribution in [0.15, 0.2) is 11.3 Å². The lowest BCUT2D eigenvalue weighted by atomic mass is 10.3. The summed E-state index contributed by atoms with van der Waals surface area (Å²) in [5, 5.41) is 0. The van der Waals surface area contributed by atoms with Crippen molar-refractivity contribution in [1.82, 2.24) is 0 Å². The summed E-state index contributed by atoms with van der Waals surface area (Å²) in [6.07, 6.45) is 0. The lowest BCUT2D eigenvalue weighted by molar-refractivity contribution is -0.303. The topological polar surface area (TPSA) is 27.6 Å². The first kappa shape index (κ1) is 10.2. The highest BCUT2D eigenvalue weighted by Crippen LogP contribution is 1.88. The molecule has 0 saturated carbocycles. The average molecular weight is 166 g/mol. The van der Waals surface area contributed by atoms with Crippen LogP contribution in [0.3, 0.4) is 0 Å². The van der Waals surface area contributed by atoms with Crippen molar-refractivity contribution >= 4 is 0 Å². The first-order valence-corrected chi connectivity index (χ1v) is 2.10. The van der Waals surface area contributed by atoms with Crippen molar-refractivity contribution in [3.05, 3.63) is 11.3 Å². The Morgan fingerprint density at radius 3 is 1.29 bits per heavy atom. The highest BCUT2D eigenvalue weighted by Gasteiger charge is 1.81. The number of hydrogen-bond acceptors (Lipinski definition) is 0. The molecule has 0 heterocycles. The van der Waals surface area contributed by atoms with Gasteiger partial charge in [0.25, 0.3) is 0 Å². The van der Waals surface area contributed by atoms with Gasteiger partial charge >= 0.3 is 0 Å². The van der Waals surface area contributed by atoms with E-state index in [0.717, 1.165) is 0 Å². The Morgan fingerprint density at radius 2 is 1.29 bits per heavy atom. The minimum atomic E-state index is 0. The lowest BCUT2D eigenvalue weighted by Crippen LogP contribution is -3.00. The van der Waals surface area contributed by atoms with Crippen LogP contribution >= 0.6 is 0 Å². The van der Waals surface area contributed by atoms with Crippen molar-refractivity contribution in [2.24, 2.45) is 0 Å². The van der Waals surface area contributed by atoms with Gasteiger partial charge in [0, 0.05) is 6.92 Å². The molecule has 0 aromatic rings. The molecule has 0 aliphatic carbocycles. The van der Waals surface area contributed by atoms with E-state index in [9.17, 15) is 0 Å². The normalized spacial score (nSPS) is 6.86. The Bertz CT molecular complexity index is 58.1. The molecule has 0 aromatic carbocycles. The molecule has 0 rings (SSSR count). The maximum absolute atomic E-state index is 3.72. The van der Waals surface area contributed by atoms with Gasteiger partial charge in [0.1, 0.15) is 0 Å². The summed E-state index contributed by atoms with van der Waals surface area (Å²) in [4.78, 5) is 0. The SMILES string of the molecule is CC(C)=C(C)[NH3+].[Br-]. The van der Waals surface area contributed by atoms with Crippen LogP contribution < -0.4 is 22.7 Å². The fourth-order valence-corrected chi connectivity index (χ4v) is 0. The molecule has 44 valence electrons. The van der Waals surface area contributed by atoms with Crippen molar-refractivity contribution in [1.29, 1.82) is 0 Å². The monoisotopic (exact) mass is 165 g/mol. The largest absolute Gasteiger partial charge is 1.00 e. The summed E-state index contributed by atoms with van der Waals surface area (Å²) < 4.78 is 0. The Balaban J connectivity index is 0. The maximum Gasteiger partial charge on any atom is 0.0993 e. The first-order chi connectivity index (χ1) is 2.64. The first-order valence-electron chi connectivity index (χ1n) is 2.10. The molecule has 0 bridgehead atoms. The predicted molar refractivity (Wildman–Crippen MR) is 26.9 cm³/mol. The Hall–Kier alpha value is 0.180. The van der Waals surface area contributed by atoms with Crippen LogP contribution in [0.25, 0.3) is 0 Å². The van der Waals surface area contributed by atoms with Crippen molar-refractivity contribution in [3.8, 4) is 0 Å². The van der Waals surface area contributed by atoms with Gasteiger partial charge < -0.3 is 22.7 Å². The van der Waals surface area contributed by atoms with Gasteiger partial charge in [0.2, 0.25) is 0 Å². The van der Waals surface area contributed by atoms with Gasteiger partial charge in [-0.3, -0.25) is 0 Å². The number of allylic oxidation sites excluding steroid dienone is 2. The number of quaternary nitrogens is 1. The van der Waals surface area contributed by atoms with Crippen molar-refractivity contribution in [3.63, 3.8) is 0 Å². The van der Waals surface area contributed by atoms with Gasteiger partial charge in [0.15, 0.2) is 0 Å². The molecule has 7 heavy (non-hydrogen) atoms. The average Bonchev–Trinajstić information content (AvgIpc) is 1.36. The van der Waals surface area contributed by atoms with E-state index in [0.29, 0.717) is 0 Å². The number of hydrogen-bond donors (Lipinski definition) is 1. The van der Waals surface area contributed by atoms with Crippen molar-refractivity contribution in [2.75, 3.05) is 0 Å². The Morgan fingerprint density at radius 1 is 1.14 bits per heavy atom. The summed E-state index contributed by atoms with van der Waals surface area (Å²) in [6, 6.07) is 0. The molecule has 2 heteroatoms. The Kier molecular flexibility index (Phi) is 6.34. The fraction of sp³-hybridized carbons (Fsp3) is 0.600. The molecule has 0 amide bonds. The van der Waals surface area contributed by atoms with Crippen LogP contribution in [0.2, 0.25) is 0 Å². The quantitative estimate of drug-likeness (QED) is 0.413. The second-order valence-corrected chi connectivity index (χ2v) is 1.78. The maximum atomic E-state index is 3.72. The van der Waals surface area contributed by atoms with E-state index in [1.807, 2.05) is 6.92 Å². The summed E-state index contributed by atoms with van der Waals surface area (Å²) in [7, 11) is 0. The minimum absolute atomic E-state index is 0. The molecule has 0 aliphatic rings. The third kappa shape index (κ3) is 6.18. The van der Waals surface area contributed by atoms with E-state index in [1.54, 1.807) is 0 Å². The summed E-state index contributed by atoms with van der Waals surface area (Å²) >= 11 is 0. The molecule has 1 nitrogen and oxygen atoms in total. The van der Waals surface area contributed by atoms with E-state index in [2.05, 4.69) is 19.6 Å². The highest BCUT2D eigenvalue weighted by molar-refractivity contribution is 4.95. The summed E-state index contributed by atoms with van der Waals surface area (Å²) in [5.74, 6) is 0. The zero-order valence-electron chi connectivity index (χ0n) is 5.09. The van der Waals surface area contributed by atoms with Crippen LogP contribution in [0.5, 0.6) is 0 Å². The molecular formula is C5H12BrN. The van der Waals surface area contributed by atoms with Gasteiger partial charge in [-0.25, -0.2) is 0 Å². The molecule has 0 radical (unpaired) electrons. The van der Waals surface area contributed by atoms with Crippen LogP contribution in [-0.4, -0.2) is 0 Å². The Labute approximate surface area is 55.4 Å². The van der Waals surface area contributed by atoms with Gasteiger partial charge in [-0.2, -0.15) is 0 Å². The smallest absolute Gasteiger partial charge is 0.0993 e. The molecule has 0 aliphatic heterocycles. The molecule has 0 aromatic heterocycles. The molecule has 0 atom stereocenters. The van der Waals surface area contributed by atoms with Gasteiger partial charge in [-0.05, 0) is 19.4 Å². The number of rotatable bonds is 0. The van der Waals surface area contributed by atoms with Crippen molar-refractivity contribution in [2.45, 2.75) is 20.8 Å². The molecule has 0 unspecified atom stereocenters. The number of halogens is 1. The van der Waals surface area contributed by atoms with Crippen LogP contribution in [0.4, 0.5) is 0 Å². The second kappa shape index (κ2) is 4.34. The summed E-state index contributed by atoms with van der Waals surface area (Å²) in [5.41, 5.74) is 6.21. The molecule has 0 spiro atoms. The van der Waals surface area contributed by atoms with Gasteiger partial charge in [-0.15, -0.1) is 0 Å². The third-order valence-corrected chi connectivity index (χ3v) is 0.854. The molecule has 0 saturated heterocycles. The van der Waals surface area contributed by atoms with E-state index >= 15 is 0 Å². The minimum Gasteiger partial charge on any atom is -1.00 e. The zero-order valence-corrected chi connectivity index (χ0v) is 6.67. The lowest BCUT2D eigenvalue weighted by Gasteiger charge is -1.83. The standard InChI is InChI=1S/C5H11N.BrH/c1-4(2)5(3)6;/h6H2,1-3H3;1H. The van der Waals surface area contributed by atoms with Crippen LogP contribution in [0, 0.1) is 0 Å². The highest BCUT2D eigenvalue weighted by atomic mass is 79.9. The van der Waals surface area contributed by atoms with E-state index in [4.69, 9.17) is 0 Å². The van der Waals surface area contributed by atoms with E-state index in [1.165, 1.54) is 11.3 Å². The fourth-order valence-electron chi connectivity index (χ4n) is 0. The molecule has 3 N–H and O–H groups in total. The zero-order chi connectivity index (χ0) is 5.15.